The second kappa shape index (κ2) is 8.47. The van der Waals surface area contributed by atoms with Crippen molar-refractivity contribution in [2.75, 3.05) is 21.1 Å². The summed E-state index contributed by atoms with van der Waals surface area (Å²) in [6, 6.07) is 2.00. The molecule has 1 aromatic carbocycles. The number of ketones is 2. The minimum Gasteiger partial charge on any atom is -0.510 e. The van der Waals surface area contributed by atoms with E-state index in [1.807, 2.05) is 0 Å². The molecule has 184 valence electrons. The first kappa shape index (κ1) is 24.4. The van der Waals surface area contributed by atoms with E-state index >= 15 is 0 Å². The summed E-state index contributed by atoms with van der Waals surface area (Å²) in [6.45, 7) is 0. The average Bonchev–Trinajstić information content (AvgIpc) is 2.77. The van der Waals surface area contributed by atoms with E-state index in [9.17, 15) is 34.8 Å². The lowest BCUT2D eigenvalue weighted by molar-refractivity contribution is -0.148. The van der Waals surface area contributed by atoms with Gasteiger partial charge in [0.1, 0.15) is 22.8 Å². The number of fused-ring (bicyclic) bond motifs is 3. The molecule has 0 bridgehead atoms. The number of aliphatic hydroxyl groups excluding tert-OH is 2. The number of hydrogen-bond donors (Lipinski definition) is 5. The van der Waals surface area contributed by atoms with Crippen molar-refractivity contribution in [3.05, 3.63) is 57.6 Å². The number of carbonyl (C=O) groups is 3. The maximum absolute atomic E-state index is 13.6. The Hall–Kier alpha value is -3.76. The first-order chi connectivity index (χ1) is 16.5. The summed E-state index contributed by atoms with van der Waals surface area (Å²) in [5.74, 6) is -6.67. The third-order valence-corrected chi connectivity index (χ3v) is 7.15. The van der Waals surface area contributed by atoms with Gasteiger partial charge < -0.3 is 26.2 Å². The lowest BCUT2D eigenvalue weighted by Crippen LogP contribution is -2.63. The van der Waals surface area contributed by atoms with E-state index in [1.54, 1.807) is 45.6 Å². The van der Waals surface area contributed by atoms with Gasteiger partial charge in [-0.25, -0.2) is 0 Å². The standard InChI is InChI=1S/C25H27N3O7/c1-27-8-4-5-11-6-7-15(29)17-13(11)9-12-10-14-19(28(2)3)21(31)18(24(26)34)23(33)25(14,35)22(32)16(12)20(17)30/h4-8,12,14,19,29,31-32,35H,9-10H2,1-3H3,(H2,26,34)/b5-4+,27-8-/t12-,14-,19+,25-/m0/s1. The van der Waals surface area contributed by atoms with E-state index in [1.165, 1.54) is 11.0 Å². The van der Waals surface area contributed by atoms with Crippen LogP contribution < -0.4 is 5.73 Å². The van der Waals surface area contributed by atoms with Gasteiger partial charge in [-0.15, -0.1) is 0 Å². The highest BCUT2D eigenvalue weighted by Crippen LogP contribution is 2.52. The van der Waals surface area contributed by atoms with Crippen LogP contribution in [0.5, 0.6) is 5.75 Å². The molecular formula is C25H27N3O7. The van der Waals surface area contributed by atoms with E-state index in [-0.39, 0.29) is 29.7 Å². The Morgan fingerprint density at radius 1 is 1.23 bits per heavy atom. The molecule has 6 N–H and O–H groups in total. The van der Waals surface area contributed by atoms with Crippen LogP contribution in [-0.4, -0.2) is 81.8 Å². The zero-order valence-electron chi connectivity index (χ0n) is 19.5. The summed E-state index contributed by atoms with van der Waals surface area (Å²) in [5.41, 5.74) is 2.88. The Morgan fingerprint density at radius 3 is 2.51 bits per heavy atom. The molecule has 4 rings (SSSR count). The van der Waals surface area contributed by atoms with Gasteiger partial charge in [-0.1, -0.05) is 12.1 Å². The lowest BCUT2D eigenvalue weighted by Gasteiger charge is -2.50. The van der Waals surface area contributed by atoms with Crippen molar-refractivity contribution >= 4 is 29.8 Å². The number of nitrogens with zero attached hydrogens (tertiary/aromatic N) is 2. The maximum atomic E-state index is 13.6. The van der Waals surface area contributed by atoms with Crippen LogP contribution >= 0.6 is 0 Å². The third-order valence-electron chi connectivity index (χ3n) is 7.15. The van der Waals surface area contributed by atoms with Crippen LogP contribution in [0.1, 0.15) is 27.9 Å². The fourth-order valence-corrected chi connectivity index (χ4v) is 5.66. The molecule has 1 aromatic rings. The molecule has 0 aliphatic heterocycles. The molecule has 10 nitrogen and oxygen atoms in total. The van der Waals surface area contributed by atoms with Crippen LogP contribution in [0, 0.1) is 11.8 Å². The molecule has 0 aromatic heterocycles. The van der Waals surface area contributed by atoms with Crippen molar-refractivity contribution in [3.63, 3.8) is 0 Å². The van der Waals surface area contributed by atoms with Crippen molar-refractivity contribution in [2.24, 2.45) is 22.6 Å². The lowest BCUT2D eigenvalue weighted by atomic mass is 9.58. The number of aliphatic hydroxyl groups is 3. The maximum Gasteiger partial charge on any atom is 0.255 e. The molecule has 3 aliphatic carbocycles. The van der Waals surface area contributed by atoms with Crippen molar-refractivity contribution < 1.29 is 34.8 Å². The molecule has 35 heavy (non-hydrogen) atoms. The highest BCUT2D eigenvalue weighted by atomic mass is 16.3. The Morgan fingerprint density at radius 2 is 1.91 bits per heavy atom. The minimum absolute atomic E-state index is 0.0265. The van der Waals surface area contributed by atoms with Crippen LogP contribution in [0.4, 0.5) is 0 Å². The summed E-state index contributed by atoms with van der Waals surface area (Å²) in [5, 5.41) is 44.1. The molecule has 0 radical (unpaired) electrons. The predicted octanol–water partition coefficient (Wildman–Crippen LogP) is 0.834. The van der Waals surface area contributed by atoms with Crippen molar-refractivity contribution in [1.82, 2.24) is 4.90 Å². The number of aromatic hydroxyl groups is 1. The van der Waals surface area contributed by atoms with Gasteiger partial charge >= 0.3 is 0 Å². The van der Waals surface area contributed by atoms with Gasteiger partial charge in [0.15, 0.2) is 11.4 Å². The first-order valence-corrected chi connectivity index (χ1v) is 11.0. The molecule has 3 aliphatic rings. The summed E-state index contributed by atoms with van der Waals surface area (Å²) in [4.78, 5) is 44.2. The molecule has 4 atom stereocenters. The Bertz CT molecular complexity index is 1270. The summed E-state index contributed by atoms with van der Waals surface area (Å²) >= 11 is 0. The number of allylic oxidation sites excluding steroid dienone is 2. The molecular weight excluding hydrogens is 454 g/mol. The van der Waals surface area contributed by atoms with Gasteiger partial charge in [0.05, 0.1) is 11.6 Å². The Balaban J connectivity index is 1.94. The van der Waals surface area contributed by atoms with Gasteiger partial charge in [0.2, 0.25) is 5.78 Å². The number of rotatable bonds is 4. The molecule has 10 heteroatoms. The number of phenolic OH excluding ortho intramolecular Hbond substituents is 1. The molecule has 0 unspecified atom stereocenters. The van der Waals surface area contributed by atoms with E-state index in [0.29, 0.717) is 11.1 Å². The van der Waals surface area contributed by atoms with E-state index in [0.717, 1.165) is 0 Å². The van der Waals surface area contributed by atoms with Crippen molar-refractivity contribution in [3.8, 4) is 5.75 Å². The number of benzene rings is 1. The van der Waals surface area contributed by atoms with E-state index < -0.39 is 58.0 Å². The second-order valence-corrected chi connectivity index (χ2v) is 9.26. The smallest absolute Gasteiger partial charge is 0.255 e. The minimum atomic E-state index is -2.64. The highest BCUT2D eigenvalue weighted by molar-refractivity contribution is 6.24. The second-order valence-electron chi connectivity index (χ2n) is 9.26. The van der Waals surface area contributed by atoms with Crippen LogP contribution in [-0.2, 0) is 16.0 Å². The fourth-order valence-electron chi connectivity index (χ4n) is 5.66. The number of aliphatic imine (C=N–C) groups is 1. The summed E-state index contributed by atoms with van der Waals surface area (Å²) in [7, 11) is 4.79. The SMILES string of the molecule is C/N=C\C=C\c1ccc(O)c2c1C[C@H]1C[C@H]3[C@@H](N(C)C)C(O)=C(C(N)=O)C(=O)[C@@]3(O)C(O)=C1C2=O. The average molecular weight is 482 g/mol. The van der Waals surface area contributed by atoms with E-state index in [4.69, 9.17) is 5.73 Å². The normalized spacial score (nSPS) is 28.7. The Kier molecular flexibility index (Phi) is 5.90. The third kappa shape index (κ3) is 3.40. The number of Topliss-reactive ketones (excluding diaryl/α,β-unsaturated/α-hetero) is 2. The first-order valence-electron chi connectivity index (χ1n) is 11.0. The number of hydrogen-bond acceptors (Lipinski definition) is 9. The van der Waals surface area contributed by atoms with Crippen molar-refractivity contribution in [2.45, 2.75) is 24.5 Å². The monoisotopic (exact) mass is 481 g/mol. The molecule has 0 spiro atoms. The summed E-state index contributed by atoms with van der Waals surface area (Å²) in [6.07, 6.45) is 5.28. The van der Waals surface area contributed by atoms with E-state index in [2.05, 4.69) is 4.99 Å². The van der Waals surface area contributed by atoms with Crippen LogP contribution in [0.25, 0.3) is 6.08 Å². The Labute approximate surface area is 201 Å². The quantitative estimate of drug-likeness (QED) is 0.311. The zero-order chi connectivity index (χ0) is 25.8. The van der Waals surface area contributed by atoms with Crippen LogP contribution in [0.3, 0.4) is 0 Å². The van der Waals surface area contributed by atoms with Gasteiger partial charge in [-0.05, 0) is 56.1 Å². The molecule has 1 amide bonds. The number of primary amides is 1. The van der Waals surface area contributed by atoms with Gasteiger partial charge in [0.25, 0.3) is 5.91 Å². The van der Waals surface area contributed by atoms with Gasteiger partial charge in [-0.2, -0.15) is 0 Å². The van der Waals surface area contributed by atoms with Crippen LogP contribution in [0.2, 0.25) is 0 Å². The molecule has 0 saturated carbocycles. The number of carbonyl (C=O) groups excluding carboxylic acids is 3. The number of nitrogens with two attached hydrogens (primary N) is 1. The van der Waals surface area contributed by atoms with Crippen LogP contribution in [0.15, 0.2) is 45.9 Å². The topological polar surface area (TPSA) is 174 Å². The summed E-state index contributed by atoms with van der Waals surface area (Å²) < 4.78 is 0. The molecule has 0 heterocycles. The van der Waals surface area contributed by atoms with Gasteiger partial charge in [0, 0.05) is 24.8 Å². The molecule has 0 fully saturated rings. The number of likely N-dealkylation sites (N-methyl/N-ethyl adjacent to an activating group) is 1. The fraction of sp³-hybridized carbons (Fsp3) is 0.360. The number of phenols is 1. The zero-order valence-corrected chi connectivity index (χ0v) is 19.5. The molecule has 0 saturated heterocycles. The highest BCUT2D eigenvalue weighted by Gasteiger charge is 2.63. The number of amides is 1. The van der Waals surface area contributed by atoms with Crippen molar-refractivity contribution in [1.29, 1.82) is 0 Å². The predicted molar refractivity (Wildman–Crippen MR) is 127 cm³/mol. The largest absolute Gasteiger partial charge is 0.510 e. The van der Waals surface area contributed by atoms with Gasteiger partial charge in [-0.3, -0.25) is 24.3 Å².